The van der Waals surface area contributed by atoms with Crippen molar-refractivity contribution in [3.63, 3.8) is 0 Å². The summed E-state index contributed by atoms with van der Waals surface area (Å²) < 4.78 is 15.1. The minimum atomic E-state index is -0.555. The number of ether oxygens (including phenoxy) is 3. The van der Waals surface area contributed by atoms with Gasteiger partial charge in [0.05, 0.1) is 20.4 Å². The molecular weight excluding hydrogens is 390 g/mol. The van der Waals surface area contributed by atoms with Gasteiger partial charge in [0.1, 0.15) is 6.42 Å². The van der Waals surface area contributed by atoms with Crippen LogP contribution in [-0.4, -0.2) is 44.8 Å². The van der Waals surface area contributed by atoms with E-state index in [1.165, 1.54) is 20.4 Å². The Morgan fingerprint density at radius 2 is 1.73 bits per heavy atom. The van der Waals surface area contributed by atoms with Crippen LogP contribution in [-0.2, 0) is 19.1 Å². The molecule has 158 valence electrons. The van der Waals surface area contributed by atoms with E-state index in [-0.39, 0.29) is 13.0 Å². The largest absolute Gasteiger partial charge is 0.493 e. The first-order chi connectivity index (χ1) is 14.4. The fraction of sp³-hybridized carbons (Fsp3) is 0.238. The Kier molecular flexibility index (Phi) is 8.37. The number of benzene rings is 2. The van der Waals surface area contributed by atoms with E-state index in [0.29, 0.717) is 22.7 Å². The van der Waals surface area contributed by atoms with Crippen molar-refractivity contribution in [1.82, 2.24) is 5.43 Å². The van der Waals surface area contributed by atoms with E-state index in [9.17, 15) is 14.4 Å². The van der Waals surface area contributed by atoms with Crippen LogP contribution in [0.2, 0.25) is 0 Å². The van der Waals surface area contributed by atoms with Crippen molar-refractivity contribution in [3.8, 4) is 11.5 Å². The van der Waals surface area contributed by atoms with E-state index in [4.69, 9.17) is 9.47 Å². The maximum Gasteiger partial charge on any atom is 0.343 e. The lowest BCUT2D eigenvalue weighted by Gasteiger charge is -2.10. The first-order valence-corrected chi connectivity index (χ1v) is 8.97. The first-order valence-electron chi connectivity index (χ1n) is 8.97. The van der Waals surface area contributed by atoms with E-state index in [0.717, 1.165) is 5.56 Å². The molecule has 0 heterocycles. The third-order valence-electron chi connectivity index (χ3n) is 3.82. The molecule has 0 fully saturated rings. The second-order valence-corrected chi connectivity index (χ2v) is 6.16. The Hall–Kier alpha value is -3.88. The molecule has 2 rings (SSSR count). The zero-order chi connectivity index (χ0) is 21.9. The Labute approximate surface area is 174 Å². The summed E-state index contributed by atoms with van der Waals surface area (Å²) in [7, 11) is 2.72. The maximum atomic E-state index is 11.9. The van der Waals surface area contributed by atoms with Gasteiger partial charge in [0.2, 0.25) is 11.8 Å². The molecule has 0 aromatic heterocycles. The van der Waals surface area contributed by atoms with Crippen molar-refractivity contribution >= 4 is 29.7 Å². The van der Waals surface area contributed by atoms with Gasteiger partial charge in [-0.15, -0.1) is 0 Å². The zero-order valence-electron chi connectivity index (χ0n) is 16.9. The number of carbonyl (C=O) groups excluding carboxylic acids is 3. The Morgan fingerprint density at radius 1 is 1.00 bits per heavy atom. The van der Waals surface area contributed by atoms with Crippen LogP contribution < -0.4 is 20.2 Å². The monoisotopic (exact) mass is 413 g/mol. The van der Waals surface area contributed by atoms with E-state index < -0.39 is 17.8 Å². The third kappa shape index (κ3) is 7.27. The summed E-state index contributed by atoms with van der Waals surface area (Å²) in [5, 5.41) is 6.47. The van der Waals surface area contributed by atoms with Gasteiger partial charge in [0.25, 0.3) is 0 Å². The second kappa shape index (κ2) is 11.2. The summed E-state index contributed by atoms with van der Waals surface area (Å²) in [6, 6.07) is 12.1. The van der Waals surface area contributed by atoms with E-state index in [1.54, 1.807) is 30.3 Å². The van der Waals surface area contributed by atoms with Gasteiger partial charge in [0.15, 0.2) is 18.1 Å². The van der Waals surface area contributed by atoms with Crippen LogP contribution in [0.25, 0.3) is 0 Å². The molecule has 0 radical (unpaired) electrons. The molecule has 0 aliphatic rings. The fourth-order valence-electron chi connectivity index (χ4n) is 2.29. The molecule has 0 saturated carbocycles. The second-order valence-electron chi connectivity index (χ2n) is 6.16. The van der Waals surface area contributed by atoms with E-state index in [1.807, 2.05) is 19.1 Å². The van der Waals surface area contributed by atoms with Gasteiger partial charge in [-0.3, -0.25) is 9.59 Å². The quantitative estimate of drug-likeness (QED) is 0.281. The Morgan fingerprint density at radius 3 is 2.40 bits per heavy atom. The molecule has 9 heteroatoms. The molecule has 30 heavy (non-hydrogen) atoms. The number of hydrazone groups is 1. The van der Waals surface area contributed by atoms with Gasteiger partial charge < -0.3 is 19.5 Å². The lowest BCUT2D eigenvalue weighted by atomic mass is 10.2. The molecule has 0 aliphatic carbocycles. The van der Waals surface area contributed by atoms with E-state index >= 15 is 0 Å². The molecule has 2 amide bonds. The summed E-state index contributed by atoms with van der Waals surface area (Å²) in [6.45, 7) is 1.69. The highest BCUT2D eigenvalue weighted by Crippen LogP contribution is 2.27. The lowest BCUT2D eigenvalue weighted by Crippen LogP contribution is -2.24. The van der Waals surface area contributed by atoms with Crippen LogP contribution in [0.3, 0.4) is 0 Å². The number of nitrogens with one attached hydrogen (secondary N) is 2. The molecule has 2 aromatic rings. The highest BCUT2D eigenvalue weighted by atomic mass is 16.6. The molecule has 2 aromatic carbocycles. The molecule has 9 nitrogen and oxygen atoms in total. The standard InChI is InChI=1S/C21H23N3O6/c1-14-4-7-16(8-5-14)23-19(25)11-20(26)24-22-12-15-6-9-17(18(10-15)28-2)30-13-21(27)29-3/h4-10,12H,11,13H2,1-3H3,(H,23,25)(H,24,26). The summed E-state index contributed by atoms with van der Waals surface area (Å²) in [4.78, 5) is 34.9. The molecule has 0 bridgehead atoms. The number of nitrogens with zero attached hydrogens (tertiary/aromatic N) is 1. The van der Waals surface area contributed by atoms with Crippen LogP contribution in [0.5, 0.6) is 11.5 Å². The number of carbonyl (C=O) groups is 3. The predicted octanol–water partition coefficient (Wildman–Crippen LogP) is 2.03. The Bertz CT molecular complexity index is 925. The van der Waals surface area contributed by atoms with Crippen LogP contribution in [0, 0.1) is 6.92 Å². The number of methoxy groups -OCH3 is 2. The lowest BCUT2D eigenvalue weighted by molar-refractivity contribution is -0.143. The average Bonchev–Trinajstić information content (AvgIpc) is 2.73. The molecule has 2 N–H and O–H groups in total. The van der Waals surface area contributed by atoms with Crippen LogP contribution >= 0.6 is 0 Å². The van der Waals surface area contributed by atoms with Gasteiger partial charge in [-0.25, -0.2) is 10.2 Å². The van der Waals surface area contributed by atoms with Gasteiger partial charge in [-0.05, 0) is 42.8 Å². The zero-order valence-corrected chi connectivity index (χ0v) is 16.9. The smallest absolute Gasteiger partial charge is 0.343 e. The minimum Gasteiger partial charge on any atom is -0.493 e. The van der Waals surface area contributed by atoms with Gasteiger partial charge >= 0.3 is 5.97 Å². The minimum absolute atomic E-state index is 0.249. The molecule has 0 unspecified atom stereocenters. The summed E-state index contributed by atoms with van der Waals surface area (Å²) in [5.74, 6) is -0.776. The number of hydrogen-bond donors (Lipinski definition) is 2. The average molecular weight is 413 g/mol. The van der Waals surface area contributed by atoms with Gasteiger partial charge in [-0.2, -0.15) is 5.10 Å². The summed E-state index contributed by atoms with van der Waals surface area (Å²) >= 11 is 0. The third-order valence-corrected chi connectivity index (χ3v) is 3.82. The van der Waals surface area contributed by atoms with Gasteiger partial charge in [0, 0.05) is 5.69 Å². The molecule has 0 saturated heterocycles. The number of hydrogen-bond acceptors (Lipinski definition) is 7. The highest BCUT2D eigenvalue weighted by molar-refractivity contribution is 6.03. The summed E-state index contributed by atoms with van der Waals surface area (Å²) in [5.41, 5.74) is 4.59. The van der Waals surface area contributed by atoms with E-state index in [2.05, 4.69) is 20.6 Å². The maximum absolute atomic E-state index is 11.9. The van der Waals surface area contributed by atoms with Gasteiger partial charge in [-0.1, -0.05) is 17.7 Å². The van der Waals surface area contributed by atoms with Crippen molar-refractivity contribution in [3.05, 3.63) is 53.6 Å². The fourth-order valence-corrected chi connectivity index (χ4v) is 2.29. The molecular formula is C21H23N3O6. The number of anilines is 1. The van der Waals surface area contributed by atoms with Crippen LogP contribution in [0.15, 0.2) is 47.6 Å². The van der Waals surface area contributed by atoms with Crippen molar-refractivity contribution < 1.29 is 28.6 Å². The van der Waals surface area contributed by atoms with Crippen LogP contribution in [0.4, 0.5) is 5.69 Å². The predicted molar refractivity (Wildman–Crippen MR) is 111 cm³/mol. The summed E-state index contributed by atoms with van der Waals surface area (Å²) in [6.07, 6.45) is 1.03. The SMILES string of the molecule is COC(=O)COc1ccc(C=NNC(=O)CC(=O)Nc2ccc(C)cc2)cc1OC. The Balaban J connectivity index is 1.86. The highest BCUT2D eigenvalue weighted by Gasteiger charge is 2.10. The molecule has 0 spiro atoms. The van der Waals surface area contributed by atoms with Crippen LogP contribution in [0.1, 0.15) is 17.5 Å². The molecule has 0 atom stereocenters. The van der Waals surface area contributed by atoms with Crippen molar-refractivity contribution in [2.24, 2.45) is 5.10 Å². The normalized spacial score (nSPS) is 10.4. The molecule has 0 aliphatic heterocycles. The number of esters is 1. The number of aryl methyl sites for hydroxylation is 1. The van der Waals surface area contributed by atoms with Crippen molar-refractivity contribution in [2.45, 2.75) is 13.3 Å². The van der Waals surface area contributed by atoms with Crippen molar-refractivity contribution in [2.75, 3.05) is 26.1 Å². The van der Waals surface area contributed by atoms with Crippen molar-refractivity contribution in [1.29, 1.82) is 0 Å². The number of amides is 2. The first kappa shape index (κ1) is 22.4. The number of rotatable bonds is 9. The topological polar surface area (TPSA) is 115 Å².